The molecule has 3 aromatic rings. The lowest BCUT2D eigenvalue weighted by Crippen LogP contribution is -2.10. The first kappa shape index (κ1) is 20.3. The van der Waals surface area contributed by atoms with Crippen molar-refractivity contribution >= 4 is 21.6 Å². The lowest BCUT2D eigenvalue weighted by molar-refractivity contribution is 0.1000. The Labute approximate surface area is 165 Å². The lowest BCUT2D eigenvalue weighted by atomic mass is 10.1. The standard InChI is InChI=1S/C19H17F2N3O4S/c1-10-13(19(22)25)9-16(23-10)14-8-12(24-29(2,26)27)4-6-17(14)28-18-5-3-11(20)7-15(18)21/h3-9,23-24H,1-2H3,(H2,22,25). The van der Waals surface area contributed by atoms with E-state index in [-0.39, 0.29) is 22.7 Å². The second-order valence-corrected chi connectivity index (χ2v) is 8.10. The summed E-state index contributed by atoms with van der Waals surface area (Å²) in [6, 6.07) is 8.63. The molecule has 0 radical (unpaired) electrons. The zero-order valence-corrected chi connectivity index (χ0v) is 16.2. The molecule has 29 heavy (non-hydrogen) atoms. The molecule has 2 aromatic carbocycles. The van der Waals surface area contributed by atoms with Crippen molar-refractivity contribution in [1.29, 1.82) is 0 Å². The van der Waals surface area contributed by atoms with Gasteiger partial charge in [0, 0.05) is 23.0 Å². The number of carbonyl (C=O) groups excluding carboxylic acids is 1. The van der Waals surface area contributed by atoms with Gasteiger partial charge in [-0.2, -0.15) is 0 Å². The number of H-pyrrole nitrogens is 1. The first-order chi connectivity index (χ1) is 13.5. The first-order valence-electron chi connectivity index (χ1n) is 8.28. The zero-order chi connectivity index (χ0) is 21.3. The van der Waals surface area contributed by atoms with Crippen molar-refractivity contribution in [1.82, 2.24) is 4.98 Å². The van der Waals surface area contributed by atoms with Crippen molar-refractivity contribution in [2.45, 2.75) is 6.92 Å². The summed E-state index contributed by atoms with van der Waals surface area (Å²) in [5.41, 5.74) is 7.03. The van der Waals surface area contributed by atoms with Crippen LogP contribution in [0.2, 0.25) is 0 Å². The number of amides is 1. The molecule has 7 nitrogen and oxygen atoms in total. The molecule has 0 saturated carbocycles. The van der Waals surface area contributed by atoms with E-state index in [0.29, 0.717) is 23.0 Å². The summed E-state index contributed by atoms with van der Waals surface area (Å²) < 4.78 is 58.2. The van der Waals surface area contributed by atoms with E-state index in [4.69, 9.17) is 10.5 Å². The van der Waals surface area contributed by atoms with Crippen molar-refractivity contribution in [3.63, 3.8) is 0 Å². The molecule has 0 aliphatic rings. The van der Waals surface area contributed by atoms with Crippen LogP contribution in [-0.2, 0) is 10.0 Å². The van der Waals surface area contributed by atoms with Crippen molar-refractivity contribution in [2.24, 2.45) is 5.73 Å². The maximum Gasteiger partial charge on any atom is 0.250 e. The van der Waals surface area contributed by atoms with Gasteiger partial charge in [0.2, 0.25) is 10.0 Å². The number of aryl methyl sites for hydroxylation is 1. The highest BCUT2D eigenvalue weighted by atomic mass is 32.2. The largest absolute Gasteiger partial charge is 0.454 e. The number of benzene rings is 2. The van der Waals surface area contributed by atoms with Gasteiger partial charge in [-0.1, -0.05) is 0 Å². The van der Waals surface area contributed by atoms with Gasteiger partial charge in [0.1, 0.15) is 11.6 Å². The van der Waals surface area contributed by atoms with E-state index in [1.165, 1.54) is 24.3 Å². The molecule has 3 rings (SSSR count). The highest BCUT2D eigenvalue weighted by Gasteiger charge is 2.17. The predicted octanol–water partition coefficient (Wildman–Crippen LogP) is 3.53. The monoisotopic (exact) mass is 421 g/mol. The molecule has 1 amide bonds. The molecular weight excluding hydrogens is 404 g/mol. The first-order valence-corrected chi connectivity index (χ1v) is 10.2. The quantitative estimate of drug-likeness (QED) is 0.565. The van der Waals surface area contributed by atoms with Crippen LogP contribution in [0.3, 0.4) is 0 Å². The van der Waals surface area contributed by atoms with Gasteiger partial charge in [0.15, 0.2) is 11.6 Å². The third kappa shape index (κ3) is 4.72. The second kappa shape index (κ2) is 7.55. The van der Waals surface area contributed by atoms with Crippen LogP contribution in [0.25, 0.3) is 11.3 Å². The fourth-order valence-electron chi connectivity index (χ4n) is 2.74. The van der Waals surface area contributed by atoms with Gasteiger partial charge in [-0.25, -0.2) is 17.2 Å². The van der Waals surface area contributed by atoms with E-state index in [0.717, 1.165) is 18.4 Å². The minimum Gasteiger partial charge on any atom is -0.454 e. The Bertz CT molecular complexity index is 1210. The molecule has 1 heterocycles. The number of ether oxygens (including phenoxy) is 1. The number of aromatic amines is 1. The number of hydrogen-bond acceptors (Lipinski definition) is 4. The van der Waals surface area contributed by atoms with Crippen LogP contribution in [0.5, 0.6) is 11.5 Å². The fraction of sp³-hybridized carbons (Fsp3) is 0.105. The third-order valence-electron chi connectivity index (χ3n) is 3.97. The second-order valence-electron chi connectivity index (χ2n) is 6.35. The third-order valence-corrected chi connectivity index (χ3v) is 4.57. The van der Waals surface area contributed by atoms with Crippen LogP contribution in [0.1, 0.15) is 16.1 Å². The van der Waals surface area contributed by atoms with E-state index in [9.17, 15) is 22.0 Å². The number of halogens is 2. The van der Waals surface area contributed by atoms with Crippen LogP contribution in [0, 0.1) is 18.6 Å². The molecule has 0 aliphatic carbocycles. The van der Waals surface area contributed by atoms with Crippen LogP contribution in [0.15, 0.2) is 42.5 Å². The fourth-order valence-corrected chi connectivity index (χ4v) is 3.30. The normalized spacial score (nSPS) is 11.3. The average molecular weight is 421 g/mol. The number of rotatable bonds is 6. The number of carbonyl (C=O) groups is 1. The molecule has 4 N–H and O–H groups in total. The lowest BCUT2D eigenvalue weighted by Gasteiger charge is -2.13. The minimum absolute atomic E-state index is 0.145. The van der Waals surface area contributed by atoms with Crippen molar-refractivity contribution in [3.8, 4) is 22.8 Å². The summed E-state index contributed by atoms with van der Waals surface area (Å²) in [5.74, 6) is -2.40. The molecule has 0 spiro atoms. The van der Waals surface area contributed by atoms with Gasteiger partial charge in [-0.15, -0.1) is 0 Å². The predicted molar refractivity (Wildman–Crippen MR) is 104 cm³/mol. The number of sulfonamides is 1. The SMILES string of the molecule is Cc1[nH]c(-c2cc(NS(C)(=O)=O)ccc2Oc2ccc(F)cc2F)cc1C(N)=O. The zero-order valence-electron chi connectivity index (χ0n) is 15.4. The van der Waals surface area contributed by atoms with Gasteiger partial charge in [-0.3, -0.25) is 9.52 Å². The van der Waals surface area contributed by atoms with Crippen molar-refractivity contribution < 1.29 is 26.7 Å². The van der Waals surface area contributed by atoms with Crippen LogP contribution in [0.4, 0.5) is 14.5 Å². The Hall–Kier alpha value is -3.40. The molecule has 0 unspecified atom stereocenters. The molecule has 1 aromatic heterocycles. The van der Waals surface area contributed by atoms with E-state index in [2.05, 4.69) is 9.71 Å². The highest BCUT2D eigenvalue weighted by Crippen LogP contribution is 2.37. The van der Waals surface area contributed by atoms with Gasteiger partial charge >= 0.3 is 0 Å². The number of anilines is 1. The Morgan fingerprint density at radius 3 is 2.38 bits per heavy atom. The number of primary amides is 1. The molecule has 0 bridgehead atoms. The topological polar surface area (TPSA) is 114 Å². The van der Waals surface area contributed by atoms with Gasteiger partial charge in [0.25, 0.3) is 5.91 Å². The summed E-state index contributed by atoms with van der Waals surface area (Å²) in [6.45, 7) is 1.64. The highest BCUT2D eigenvalue weighted by molar-refractivity contribution is 7.92. The average Bonchev–Trinajstić information content (AvgIpc) is 2.99. The summed E-state index contributed by atoms with van der Waals surface area (Å²) in [6.07, 6.45) is 0.995. The summed E-state index contributed by atoms with van der Waals surface area (Å²) in [7, 11) is -3.55. The maximum absolute atomic E-state index is 14.0. The van der Waals surface area contributed by atoms with E-state index in [1.54, 1.807) is 6.92 Å². The maximum atomic E-state index is 14.0. The Morgan fingerprint density at radius 2 is 1.79 bits per heavy atom. The van der Waals surface area contributed by atoms with Crippen LogP contribution >= 0.6 is 0 Å². The van der Waals surface area contributed by atoms with E-state index in [1.807, 2.05) is 0 Å². The summed E-state index contributed by atoms with van der Waals surface area (Å²) in [4.78, 5) is 14.5. The Morgan fingerprint density at radius 1 is 1.10 bits per heavy atom. The number of nitrogens with two attached hydrogens (primary N) is 1. The molecule has 0 saturated heterocycles. The van der Waals surface area contributed by atoms with Crippen LogP contribution in [-0.4, -0.2) is 25.6 Å². The number of hydrogen-bond donors (Lipinski definition) is 3. The van der Waals surface area contributed by atoms with E-state index >= 15 is 0 Å². The molecular formula is C19H17F2N3O4S. The van der Waals surface area contributed by atoms with E-state index < -0.39 is 27.6 Å². The number of aromatic nitrogens is 1. The minimum atomic E-state index is -3.55. The Kier molecular flexibility index (Phi) is 5.29. The molecule has 10 heteroatoms. The molecule has 152 valence electrons. The van der Waals surface area contributed by atoms with Crippen molar-refractivity contribution in [3.05, 3.63) is 65.4 Å². The summed E-state index contributed by atoms with van der Waals surface area (Å²) in [5, 5.41) is 0. The van der Waals surface area contributed by atoms with Crippen molar-refractivity contribution in [2.75, 3.05) is 11.0 Å². The van der Waals surface area contributed by atoms with Gasteiger partial charge in [-0.05, 0) is 43.3 Å². The molecule has 0 fully saturated rings. The number of nitrogens with one attached hydrogen (secondary N) is 2. The smallest absolute Gasteiger partial charge is 0.250 e. The summed E-state index contributed by atoms with van der Waals surface area (Å²) >= 11 is 0. The van der Waals surface area contributed by atoms with Crippen LogP contribution < -0.4 is 15.2 Å². The van der Waals surface area contributed by atoms with Gasteiger partial charge < -0.3 is 15.5 Å². The molecule has 0 atom stereocenters. The Balaban J connectivity index is 2.12. The van der Waals surface area contributed by atoms with Gasteiger partial charge in [0.05, 0.1) is 17.5 Å². The molecule has 0 aliphatic heterocycles.